The highest BCUT2D eigenvalue weighted by Gasteiger charge is 2.20. The van der Waals surface area contributed by atoms with E-state index >= 15 is 0 Å². The Kier molecular flexibility index (Phi) is 4.28. The lowest BCUT2D eigenvalue weighted by Crippen LogP contribution is -2.13. The second kappa shape index (κ2) is 6.35. The van der Waals surface area contributed by atoms with Gasteiger partial charge in [-0.1, -0.05) is 43.3 Å². The number of hydrogen-bond donors (Lipinski definition) is 0. The Morgan fingerprint density at radius 2 is 1.95 bits per heavy atom. The van der Waals surface area contributed by atoms with Crippen LogP contribution in [0.5, 0.6) is 5.75 Å². The van der Waals surface area contributed by atoms with E-state index < -0.39 is 0 Å². The molecule has 2 nitrogen and oxygen atoms in total. The van der Waals surface area contributed by atoms with Crippen molar-refractivity contribution in [2.45, 2.75) is 45.4 Å². The first-order valence-electron chi connectivity index (χ1n) is 8.05. The first-order chi connectivity index (χ1) is 10.7. The molecule has 1 aliphatic carbocycles. The fraction of sp³-hybridized carbons (Fsp3) is 0.350. The maximum absolute atomic E-state index is 11.4. The zero-order chi connectivity index (χ0) is 15.5. The smallest absolute Gasteiger partial charge is 0.310 e. The first kappa shape index (κ1) is 14.8. The van der Waals surface area contributed by atoms with Crippen LogP contribution in [0, 0.1) is 6.92 Å². The molecule has 3 rings (SSSR count). The van der Waals surface area contributed by atoms with Crippen LogP contribution in [0.4, 0.5) is 0 Å². The molecule has 0 fully saturated rings. The quantitative estimate of drug-likeness (QED) is 0.611. The number of rotatable bonds is 3. The van der Waals surface area contributed by atoms with Gasteiger partial charge in [-0.3, -0.25) is 4.79 Å². The maximum atomic E-state index is 11.4. The van der Waals surface area contributed by atoms with Crippen LogP contribution in [0.1, 0.15) is 47.9 Å². The lowest BCUT2D eigenvalue weighted by Gasteiger charge is -2.25. The van der Waals surface area contributed by atoms with Crippen molar-refractivity contribution in [3.63, 3.8) is 0 Å². The van der Waals surface area contributed by atoms with Gasteiger partial charge in [-0.15, -0.1) is 0 Å². The number of fused-ring (bicyclic) bond motifs is 1. The molecule has 0 saturated heterocycles. The van der Waals surface area contributed by atoms with Gasteiger partial charge in [0.1, 0.15) is 5.75 Å². The average Bonchev–Trinajstić information content (AvgIpc) is 2.56. The van der Waals surface area contributed by atoms with E-state index in [1.54, 1.807) is 0 Å². The summed E-state index contributed by atoms with van der Waals surface area (Å²) in [6, 6.07) is 15.0. The van der Waals surface area contributed by atoms with Crippen molar-refractivity contribution in [3.8, 4) is 5.75 Å². The van der Waals surface area contributed by atoms with Crippen molar-refractivity contribution < 1.29 is 9.53 Å². The Hall–Kier alpha value is -2.09. The van der Waals surface area contributed by atoms with Crippen LogP contribution in [0.3, 0.4) is 0 Å². The van der Waals surface area contributed by atoms with E-state index in [9.17, 15) is 4.79 Å². The van der Waals surface area contributed by atoms with Crippen molar-refractivity contribution in [2.75, 3.05) is 0 Å². The van der Waals surface area contributed by atoms with E-state index in [2.05, 4.69) is 36.4 Å². The summed E-state index contributed by atoms with van der Waals surface area (Å²) >= 11 is 0. The molecular formula is C20H22O2. The van der Waals surface area contributed by atoms with Gasteiger partial charge in [-0.2, -0.15) is 0 Å². The Bertz CT molecular complexity index is 688. The van der Waals surface area contributed by atoms with Gasteiger partial charge in [0.15, 0.2) is 0 Å². The van der Waals surface area contributed by atoms with Crippen LogP contribution in [0.2, 0.25) is 0 Å². The third-order valence-electron chi connectivity index (χ3n) is 4.53. The summed E-state index contributed by atoms with van der Waals surface area (Å²) in [5.41, 5.74) is 5.35. The van der Waals surface area contributed by atoms with Crippen LogP contribution in [-0.4, -0.2) is 5.97 Å². The largest absolute Gasteiger partial charge is 0.426 e. The van der Waals surface area contributed by atoms with Gasteiger partial charge in [0.25, 0.3) is 0 Å². The number of carbonyl (C=O) groups is 1. The van der Waals surface area contributed by atoms with Gasteiger partial charge in [0.05, 0.1) is 0 Å². The lowest BCUT2D eigenvalue weighted by atomic mass is 9.80. The molecule has 1 atom stereocenters. The Balaban J connectivity index is 1.79. The second-order valence-electron chi connectivity index (χ2n) is 6.06. The molecule has 2 aromatic carbocycles. The minimum atomic E-state index is -0.178. The Morgan fingerprint density at radius 3 is 2.68 bits per heavy atom. The Morgan fingerprint density at radius 1 is 1.18 bits per heavy atom. The van der Waals surface area contributed by atoms with Gasteiger partial charge in [-0.05, 0) is 60.4 Å². The van der Waals surface area contributed by atoms with E-state index in [4.69, 9.17) is 4.74 Å². The van der Waals surface area contributed by atoms with Crippen molar-refractivity contribution in [3.05, 3.63) is 64.7 Å². The van der Waals surface area contributed by atoms with E-state index in [0.717, 1.165) is 18.4 Å². The van der Waals surface area contributed by atoms with Crippen LogP contribution >= 0.6 is 0 Å². The van der Waals surface area contributed by atoms with E-state index in [-0.39, 0.29) is 5.97 Å². The lowest BCUT2D eigenvalue weighted by molar-refractivity contribution is -0.134. The van der Waals surface area contributed by atoms with Crippen molar-refractivity contribution >= 4 is 5.97 Å². The monoisotopic (exact) mass is 294 g/mol. The summed E-state index contributed by atoms with van der Waals surface area (Å²) < 4.78 is 5.35. The van der Waals surface area contributed by atoms with Gasteiger partial charge in [0.2, 0.25) is 0 Å². The molecule has 0 aromatic heterocycles. The van der Waals surface area contributed by atoms with Crippen LogP contribution in [-0.2, 0) is 17.6 Å². The summed E-state index contributed by atoms with van der Waals surface area (Å²) in [4.78, 5) is 11.4. The third-order valence-corrected chi connectivity index (χ3v) is 4.53. The first-order valence-corrected chi connectivity index (χ1v) is 8.05. The van der Waals surface area contributed by atoms with E-state index in [0.29, 0.717) is 18.1 Å². The van der Waals surface area contributed by atoms with Gasteiger partial charge < -0.3 is 4.74 Å². The second-order valence-corrected chi connectivity index (χ2v) is 6.06. The van der Waals surface area contributed by atoms with E-state index in [1.165, 1.54) is 23.1 Å². The number of aryl methyl sites for hydroxylation is 2. The van der Waals surface area contributed by atoms with Crippen molar-refractivity contribution in [1.82, 2.24) is 0 Å². The number of carbonyl (C=O) groups excluding carboxylic acids is 1. The highest BCUT2D eigenvalue weighted by Crippen LogP contribution is 2.34. The predicted molar refractivity (Wildman–Crippen MR) is 88.3 cm³/mol. The van der Waals surface area contributed by atoms with Crippen LogP contribution < -0.4 is 4.74 Å². The highest BCUT2D eigenvalue weighted by molar-refractivity contribution is 5.72. The number of benzene rings is 2. The summed E-state index contributed by atoms with van der Waals surface area (Å²) in [6.07, 6.45) is 3.83. The fourth-order valence-corrected chi connectivity index (χ4v) is 3.22. The van der Waals surface area contributed by atoms with Gasteiger partial charge in [-0.25, -0.2) is 0 Å². The van der Waals surface area contributed by atoms with Gasteiger partial charge >= 0.3 is 5.97 Å². The molecule has 0 spiro atoms. The van der Waals surface area contributed by atoms with Crippen LogP contribution in [0.15, 0.2) is 42.5 Å². The van der Waals surface area contributed by atoms with Crippen molar-refractivity contribution in [1.29, 1.82) is 0 Å². The fourth-order valence-electron chi connectivity index (χ4n) is 3.22. The topological polar surface area (TPSA) is 26.3 Å². The summed E-state index contributed by atoms with van der Waals surface area (Å²) in [6.45, 7) is 3.82. The highest BCUT2D eigenvalue weighted by atomic mass is 16.5. The third kappa shape index (κ3) is 3.06. The Labute approximate surface area is 132 Å². The van der Waals surface area contributed by atoms with Crippen molar-refractivity contribution in [2.24, 2.45) is 0 Å². The molecule has 0 amide bonds. The molecule has 0 N–H and O–H groups in total. The normalized spacial score (nSPS) is 16.9. The number of hydrogen-bond acceptors (Lipinski definition) is 2. The molecule has 114 valence electrons. The standard InChI is InChI=1S/C20H22O2/c1-3-20(21)22-19-11-10-17(12-14(19)2)18-9-8-15-6-4-5-7-16(15)13-18/h4-7,10-12,18H,3,8-9,13H2,1-2H3. The summed E-state index contributed by atoms with van der Waals surface area (Å²) in [5.74, 6) is 1.07. The minimum absolute atomic E-state index is 0.178. The van der Waals surface area contributed by atoms with Crippen LogP contribution in [0.25, 0.3) is 0 Å². The molecule has 0 radical (unpaired) electrons. The van der Waals surface area contributed by atoms with Gasteiger partial charge in [0, 0.05) is 6.42 Å². The molecule has 2 heteroatoms. The molecule has 1 unspecified atom stereocenters. The predicted octanol–water partition coefficient (Wildman–Crippen LogP) is 4.58. The molecule has 0 heterocycles. The molecule has 1 aliphatic rings. The number of ether oxygens (including phenoxy) is 1. The molecule has 22 heavy (non-hydrogen) atoms. The van der Waals surface area contributed by atoms with E-state index in [1.807, 2.05) is 19.9 Å². The zero-order valence-corrected chi connectivity index (χ0v) is 13.3. The number of esters is 1. The molecule has 0 saturated carbocycles. The summed E-state index contributed by atoms with van der Waals surface area (Å²) in [7, 11) is 0. The molecular weight excluding hydrogens is 272 g/mol. The molecule has 2 aromatic rings. The molecule has 0 bridgehead atoms. The molecule has 0 aliphatic heterocycles. The maximum Gasteiger partial charge on any atom is 0.310 e. The SMILES string of the molecule is CCC(=O)Oc1ccc(C2CCc3ccccc3C2)cc1C. The average molecular weight is 294 g/mol. The summed E-state index contributed by atoms with van der Waals surface area (Å²) in [5, 5.41) is 0. The minimum Gasteiger partial charge on any atom is -0.426 e. The zero-order valence-electron chi connectivity index (χ0n) is 13.3.